The Hall–Kier alpha value is -3.52. The van der Waals surface area contributed by atoms with E-state index in [9.17, 15) is 9.90 Å². The first kappa shape index (κ1) is 19.8. The highest BCUT2D eigenvalue weighted by molar-refractivity contribution is 6.25. The van der Waals surface area contributed by atoms with Crippen LogP contribution in [0, 0.1) is 0 Å². The standard InChI is InChI=1S/C22H21NO7/c1-3-27-22(25)30-21-18(14-9-8-13(26-2)12-17(14)28-11-10-24)20-19(23-21)15-6-4-5-7-16(15)29-20/h4-9,12,19,24H,3,10-11H2,1-2H3. The second kappa shape index (κ2) is 8.46. The van der Waals surface area contributed by atoms with E-state index in [2.05, 4.69) is 4.99 Å². The van der Waals surface area contributed by atoms with E-state index in [1.165, 1.54) is 0 Å². The van der Waals surface area contributed by atoms with Gasteiger partial charge in [-0.3, -0.25) is 0 Å². The molecule has 156 valence electrons. The van der Waals surface area contributed by atoms with Crippen LogP contribution in [0.1, 0.15) is 24.1 Å². The molecule has 0 bridgehead atoms. The quantitative estimate of drug-likeness (QED) is 0.727. The zero-order valence-corrected chi connectivity index (χ0v) is 16.6. The highest BCUT2D eigenvalue weighted by Gasteiger charge is 2.41. The maximum Gasteiger partial charge on any atom is 0.515 e. The molecule has 0 spiro atoms. The average molecular weight is 411 g/mol. The normalized spacial score (nSPS) is 16.4. The maximum absolute atomic E-state index is 12.0. The molecule has 0 radical (unpaired) electrons. The fourth-order valence-electron chi connectivity index (χ4n) is 3.38. The summed E-state index contributed by atoms with van der Waals surface area (Å²) in [6.07, 6.45) is -0.853. The van der Waals surface area contributed by atoms with E-state index in [0.717, 1.165) is 5.56 Å². The Kier molecular flexibility index (Phi) is 5.58. The van der Waals surface area contributed by atoms with Gasteiger partial charge in [0, 0.05) is 17.2 Å². The molecule has 0 saturated heterocycles. The molecule has 0 aliphatic carbocycles. The molecule has 30 heavy (non-hydrogen) atoms. The van der Waals surface area contributed by atoms with Crippen LogP contribution in [0.3, 0.4) is 0 Å². The lowest BCUT2D eigenvalue weighted by molar-refractivity contribution is 0.101. The second-order valence-corrected chi connectivity index (χ2v) is 6.44. The van der Waals surface area contributed by atoms with Crippen LogP contribution in [-0.2, 0) is 9.47 Å². The Morgan fingerprint density at radius 1 is 1.23 bits per heavy atom. The molecule has 2 aromatic rings. The number of aliphatic hydroxyl groups excluding tert-OH is 1. The summed E-state index contributed by atoms with van der Waals surface area (Å²) < 4.78 is 27.4. The maximum atomic E-state index is 12.0. The highest BCUT2D eigenvalue weighted by Crippen LogP contribution is 2.50. The van der Waals surface area contributed by atoms with Gasteiger partial charge >= 0.3 is 6.16 Å². The largest absolute Gasteiger partial charge is 0.515 e. The zero-order valence-electron chi connectivity index (χ0n) is 16.6. The number of carbonyl (C=O) groups excluding carboxylic acids is 1. The van der Waals surface area contributed by atoms with Gasteiger partial charge in [0.25, 0.3) is 0 Å². The van der Waals surface area contributed by atoms with Gasteiger partial charge in [0.2, 0.25) is 5.90 Å². The number of benzene rings is 2. The van der Waals surface area contributed by atoms with Gasteiger partial charge in [-0.2, -0.15) is 0 Å². The van der Waals surface area contributed by atoms with Gasteiger partial charge in [-0.15, -0.1) is 0 Å². The third-order valence-electron chi connectivity index (χ3n) is 4.64. The molecule has 1 unspecified atom stereocenters. The first-order valence-electron chi connectivity index (χ1n) is 9.52. The molecule has 2 aliphatic heterocycles. The number of fused-ring (bicyclic) bond motifs is 3. The van der Waals surface area contributed by atoms with Gasteiger partial charge in [-0.25, -0.2) is 9.79 Å². The van der Waals surface area contributed by atoms with E-state index in [1.54, 1.807) is 32.2 Å². The molecule has 2 heterocycles. The first-order valence-corrected chi connectivity index (χ1v) is 9.52. The molecular formula is C22H21NO7. The van der Waals surface area contributed by atoms with E-state index in [-0.39, 0.29) is 25.7 Å². The summed E-state index contributed by atoms with van der Waals surface area (Å²) in [4.78, 5) is 16.6. The van der Waals surface area contributed by atoms with Crippen molar-refractivity contribution in [3.05, 3.63) is 59.4 Å². The molecule has 8 heteroatoms. The lowest BCUT2D eigenvalue weighted by atomic mass is 10.0. The number of methoxy groups -OCH3 is 1. The molecule has 1 atom stereocenters. The lowest BCUT2D eigenvalue weighted by Crippen LogP contribution is -2.15. The lowest BCUT2D eigenvalue weighted by Gasteiger charge is -2.15. The zero-order chi connectivity index (χ0) is 21.1. The number of rotatable bonds is 6. The van der Waals surface area contributed by atoms with Crippen LogP contribution < -0.4 is 14.2 Å². The van der Waals surface area contributed by atoms with Crippen LogP contribution in [0.25, 0.3) is 5.57 Å². The number of ether oxygens (including phenoxy) is 5. The highest BCUT2D eigenvalue weighted by atomic mass is 16.7. The van der Waals surface area contributed by atoms with Crippen molar-refractivity contribution in [2.24, 2.45) is 4.99 Å². The van der Waals surface area contributed by atoms with Crippen molar-refractivity contribution in [3.63, 3.8) is 0 Å². The van der Waals surface area contributed by atoms with Crippen LogP contribution in [0.4, 0.5) is 4.79 Å². The summed E-state index contributed by atoms with van der Waals surface area (Å²) in [5.41, 5.74) is 1.95. The molecule has 8 nitrogen and oxygen atoms in total. The number of aliphatic imine (C=N–C) groups is 1. The number of aliphatic hydroxyl groups is 1. The SMILES string of the molecule is CCOC(=O)OC1=NC2C(=C1c1ccc(OC)cc1OCCO)Oc1ccccc12. The minimum atomic E-state index is -0.853. The summed E-state index contributed by atoms with van der Waals surface area (Å²) in [5.74, 6) is 2.33. The Morgan fingerprint density at radius 3 is 2.83 bits per heavy atom. The fraction of sp³-hybridized carbons (Fsp3) is 0.273. The Morgan fingerprint density at radius 2 is 2.07 bits per heavy atom. The van der Waals surface area contributed by atoms with Crippen LogP contribution in [0.2, 0.25) is 0 Å². The third-order valence-corrected chi connectivity index (χ3v) is 4.64. The van der Waals surface area contributed by atoms with E-state index in [4.69, 9.17) is 23.7 Å². The van der Waals surface area contributed by atoms with Gasteiger partial charge in [0.05, 0.1) is 25.9 Å². The van der Waals surface area contributed by atoms with Crippen molar-refractivity contribution in [2.75, 3.05) is 26.9 Å². The number of nitrogens with zero attached hydrogens (tertiary/aromatic N) is 1. The molecular weight excluding hydrogens is 390 g/mol. The Labute approximate surface area is 173 Å². The number of hydrogen-bond donors (Lipinski definition) is 1. The van der Waals surface area contributed by atoms with E-state index < -0.39 is 12.2 Å². The topological polar surface area (TPSA) is 95.8 Å². The van der Waals surface area contributed by atoms with E-state index >= 15 is 0 Å². The van der Waals surface area contributed by atoms with Gasteiger partial charge in [0.15, 0.2) is 0 Å². The summed E-state index contributed by atoms with van der Waals surface area (Å²) in [6.45, 7) is 1.79. The summed E-state index contributed by atoms with van der Waals surface area (Å²) in [7, 11) is 1.55. The average Bonchev–Trinajstić information content (AvgIpc) is 3.27. The van der Waals surface area contributed by atoms with Crippen LogP contribution in [-0.4, -0.2) is 44.1 Å². The smallest absolute Gasteiger partial charge is 0.497 e. The van der Waals surface area contributed by atoms with Gasteiger partial charge in [-0.1, -0.05) is 18.2 Å². The summed E-state index contributed by atoms with van der Waals surface area (Å²) in [6, 6.07) is 12.3. The van der Waals surface area contributed by atoms with Crippen LogP contribution in [0.5, 0.6) is 17.2 Å². The second-order valence-electron chi connectivity index (χ2n) is 6.44. The third kappa shape index (κ3) is 3.57. The Bertz CT molecular complexity index is 1030. The molecule has 4 rings (SSSR count). The summed E-state index contributed by atoms with van der Waals surface area (Å²) >= 11 is 0. The summed E-state index contributed by atoms with van der Waals surface area (Å²) in [5, 5.41) is 9.21. The van der Waals surface area contributed by atoms with Crippen LogP contribution >= 0.6 is 0 Å². The van der Waals surface area contributed by atoms with E-state index in [1.807, 2.05) is 24.3 Å². The van der Waals surface area contributed by atoms with Crippen molar-refractivity contribution in [3.8, 4) is 17.2 Å². The molecule has 0 saturated carbocycles. The number of carbonyl (C=O) groups is 1. The molecule has 1 N–H and O–H groups in total. The van der Waals surface area contributed by atoms with Gasteiger partial charge < -0.3 is 28.8 Å². The van der Waals surface area contributed by atoms with Crippen molar-refractivity contribution >= 4 is 17.6 Å². The minimum absolute atomic E-state index is 0.0818. The first-order chi connectivity index (χ1) is 14.7. The number of hydrogen-bond acceptors (Lipinski definition) is 8. The molecule has 0 amide bonds. The van der Waals surface area contributed by atoms with Crippen molar-refractivity contribution < 1.29 is 33.6 Å². The Balaban J connectivity index is 1.82. The van der Waals surface area contributed by atoms with Gasteiger partial charge in [-0.05, 0) is 25.1 Å². The monoisotopic (exact) mass is 411 g/mol. The molecule has 0 fully saturated rings. The van der Waals surface area contributed by atoms with Gasteiger partial charge in [0.1, 0.15) is 35.7 Å². The van der Waals surface area contributed by atoms with Crippen molar-refractivity contribution in [2.45, 2.75) is 13.0 Å². The fourth-order valence-corrected chi connectivity index (χ4v) is 3.38. The molecule has 2 aromatic carbocycles. The van der Waals surface area contributed by atoms with E-state index in [0.29, 0.717) is 34.1 Å². The number of para-hydroxylation sites is 1. The van der Waals surface area contributed by atoms with Crippen LogP contribution in [0.15, 0.2) is 53.2 Å². The minimum Gasteiger partial charge on any atom is -0.497 e. The molecule has 2 aliphatic rings. The predicted octanol–water partition coefficient (Wildman–Crippen LogP) is 3.50. The predicted molar refractivity (Wildman–Crippen MR) is 108 cm³/mol. The van der Waals surface area contributed by atoms with Crippen molar-refractivity contribution in [1.82, 2.24) is 0 Å². The molecule has 0 aromatic heterocycles. The van der Waals surface area contributed by atoms with Crippen molar-refractivity contribution in [1.29, 1.82) is 0 Å².